The molecule has 1 fully saturated rings. The van der Waals surface area contributed by atoms with Crippen molar-refractivity contribution in [1.29, 1.82) is 0 Å². The van der Waals surface area contributed by atoms with Gasteiger partial charge in [-0.15, -0.1) is 0 Å². The highest BCUT2D eigenvalue weighted by molar-refractivity contribution is 14.1. The van der Waals surface area contributed by atoms with E-state index in [2.05, 4.69) is 27.6 Å². The average molecular weight is 478 g/mol. The van der Waals surface area contributed by atoms with E-state index in [1.165, 1.54) is 11.8 Å². The van der Waals surface area contributed by atoms with Crippen LogP contribution in [0.2, 0.25) is 0 Å². The van der Waals surface area contributed by atoms with Crippen LogP contribution in [0.3, 0.4) is 0 Å². The zero-order valence-corrected chi connectivity index (χ0v) is 17.4. The minimum atomic E-state index is 0.000405. The summed E-state index contributed by atoms with van der Waals surface area (Å²) in [5.41, 5.74) is 1.89. The molecular weight excluding hydrogens is 459 g/mol. The van der Waals surface area contributed by atoms with Crippen molar-refractivity contribution >= 4 is 57.2 Å². The van der Waals surface area contributed by atoms with Crippen molar-refractivity contribution < 1.29 is 9.53 Å². The fourth-order valence-corrected chi connectivity index (χ4v) is 4.06. The molecule has 0 spiro atoms. The lowest BCUT2D eigenvalue weighted by Crippen LogP contribution is -2.30. The lowest BCUT2D eigenvalue weighted by atomic mass is 10.2. The van der Waals surface area contributed by atoms with Gasteiger partial charge in [-0.2, -0.15) is 0 Å². The normalized spacial score (nSPS) is 17.5. The van der Waals surface area contributed by atoms with E-state index in [1.807, 2.05) is 60.7 Å². The Morgan fingerprint density at radius 2 is 1.88 bits per heavy atom. The van der Waals surface area contributed by atoms with Crippen LogP contribution in [0.25, 0.3) is 6.08 Å². The molecule has 134 valence electrons. The van der Waals surface area contributed by atoms with Gasteiger partial charge in [0, 0.05) is 23.8 Å². The highest BCUT2D eigenvalue weighted by atomic mass is 127. The number of carbonyl (C=O) groups is 1. The number of hydrogen-bond acceptors (Lipinski definition) is 4. The second-order valence-electron chi connectivity index (χ2n) is 5.67. The Bertz CT molecular complexity index is 837. The molecule has 0 aromatic heterocycles. The highest BCUT2D eigenvalue weighted by Crippen LogP contribution is 2.34. The molecule has 0 radical (unpaired) electrons. The minimum absolute atomic E-state index is 0.000405. The summed E-state index contributed by atoms with van der Waals surface area (Å²) in [5, 5.41) is 0.717. The van der Waals surface area contributed by atoms with Crippen LogP contribution in [0.15, 0.2) is 64.5 Å². The van der Waals surface area contributed by atoms with Gasteiger partial charge in [-0.1, -0.05) is 36.4 Å². The van der Waals surface area contributed by atoms with Crippen LogP contribution in [0.4, 0.5) is 5.69 Å². The topological polar surface area (TPSA) is 41.9 Å². The predicted molar refractivity (Wildman–Crippen MR) is 116 cm³/mol. The van der Waals surface area contributed by atoms with E-state index in [1.54, 1.807) is 12.0 Å². The number of halogens is 1. The smallest absolute Gasteiger partial charge is 0.266 e. The maximum absolute atomic E-state index is 12.9. The number of aliphatic imine (C=N–C) groups is 1. The number of amidine groups is 1. The molecule has 2 aromatic rings. The van der Waals surface area contributed by atoms with Gasteiger partial charge in [0.25, 0.3) is 5.91 Å². The molecule has 0 bridgehead atoms. The summed E-state index contributed by atoms with van der Waals surface area (Å²) in [6.07, 6.45) is 2.72. The van der Waals surface area contributed by atoms with E-state index in [4.69, 9.17) is 4.74 Å². The van der Waals surface area contributed by atoms with Gasteiger partial charge in [-0.3, -0.25) is 9.69 Å². The van der Waals surface area contributed by atoms with Crippen molar-refractivity contribution in [1.82, 2.24) is 4.90 Å². The molecule has 26 heavy (non-hydrogen) atoms. The lowest BCUT2D eigenvalue weighted by Gasteiger charge is -2.15. The zero-order chi connectivity index (χ0) is 18.4. The summed E-state index contributed by atoms with van der Waals surface area (Å²) < 4.78 is 6.24. The van der Waals surface area contributed by atoms with Crippen LogP contribution in [0, 0.1) is 3.57 Å². The van der Waals surface area contributed by atoms with Gasteiger partial charge in [0.2, 0.25) is 0 Å². The number of nitrogens with zero attached hydrogens (tertiary/aromatic N) is 2. The molecule has 1 saturated heterocycles. The Morgan fingerprint density at radius 1 is 1.15 bits per heavy atom. The molecule has 0 unspecified atom stereocenters. The first-order chi connectivity index (χ1) is 12.7. The lowest BCUT2D eigenvalue weighted by molar-refractivity contribution is -0.122. The molecule has 1 aliphatic rings. The molecule has 2 aromatic carbocycles. The molecule has 0 N–H and O–H groups in total. The largest absolute Gasteiger partial charge is 0.385 e. The molecule has 1 heterocycles. The number of carbonyl (C=O) groups excluding carboxylic acids is 1. The van der Waals surface area contributed by atoms with Crippen LogP contribution in [0.5, 0.6) is 0 Å². The average Bonchev–Trinajstić information content (AvgIpc) is 2.93. The van der Waals surface area contributed by atoms with Crippen molar-refractivity contribution in [2.45, 2.75) is 6.42 Å². The van der Waals surface area contributed by atoms with Gasteiger partial charge in [-0.25, -0.2) is 4.99 Å². The van der Waals surface area contributed by atoms with Crippen LogP contribution in [0.1, 0.15) is 12.0 Å². The van der Waals surface area contributed by atoms with E-state index < -0.39 is 0 Å². The number of para-hydroxylation sites is 1. The fraction of sp³-hybridized carbons (Fsp3) is 0.200. The summed E-state index contributed by atoms with van der Waals surface area (Å²) >= 11 is 3.71. The number of ether oxygens (including phenoxy) is 1. The van der Waals surface area contributed by atoms with Gasteiger partial charge in [0.05, 0.1) is 10.6 Å². The molecular formula is C20H19IN2O2S. The van der Waals surface area contributed by atoms with Crippen molar-refractivity contribution in [3.63, 3.8) is 0 Å². The molecule has 0 atom stereocenters. The first-order valence-electron chi connectivity index (χ1n) is 8.27. The molecule has 1 amide bonds. The maximum atomic E-state index is 12.9. The monoisotopic (exact) mass is 478 g/mol. The first kappa shape index (κ1) is 19.1. The fourth-order valence-electron chi connectivity index (χ4n) is 2.50. The maximum Gasteiger partial charge on any atom is 0.266 e. The van der Waals surface area contributed by atoms with Crippen LogP contribution >= 0.6 is 34.4 Å². The predicted octanol–water partition coefficient (Wildman–Crippen LogP) is 4.93. The summed E-state index contributed by atoms with van der Waals surface area (Å²) in [6, 6.07) is 17.7. The molecule has 0 aliphatic carbocycles. The van der Waals surface area contributed by atoms with Gasteiger partial charge < -0.3 is 4.74 Å². The third kappa shape index (κ3) is 4.75. The highest BCUT2D eigenvalue weighted by Gasteiger charge is 2.33. The number of thioether (sulfide) groups is 1. The third-order valence-electron chi connectivity index (χ3n) is 3.79. The van der Waals surface area contributed by atoms with Crippen molar-refractivity contribution in [2.24, 2.45) is 4.99 Å². The Hall–Kier alpha value is -1.64. The van der Waals surface area contributed by atoms with E-state index in [0.717, 1.165) is 26.4 Å². The second kappa shape index (κ2) is 9.34. The molecule has 6 heteroatoms. The standard InChI is InChI=1S/C20H19IN2O2S/c1-25-13-7-12-23-19(24)18(14-15-8-5-6-11-17(15)21)26-20(23)22-16-9-3-2-4-10-16/h2-6,8-11,14H,7,12-13H2,1H3/b18-14-,22-20?. The van der Waals surface area contributed by atoms with Gasteiger partial charge in [-0.05, 0) is 70.6 Å². The number of rotatable bonds is 6. The summed E-state index contributed by atoms with van der Waals surface area (Å²) in [6.45, 7) is 1.21. The van der Waals surface area contributed by atoms with E-state index in [0.29, 0.717) is 18.1 Å². The Labute approximate surface area is 171 Å². The van der Waals surface area contributed by atoms with Crippen molar-refractivity contribution in [2.75, 3.05) is 20.3 Å². The number of amides is 1. The summed E-state index contributed by atoms with van der Waals surface area (Å²) in [5.74, 6) is 0.000405. The molecule has 3 rings (SSSR count). The number of methoxy groups -OCH3 is 1. The van der Waals surface area contributed by atoms with E-state index in [9.17, 15) is 4.79 Å². The summed E-state index contributed by atoms with van der Waals surface area (Å²) in [7, 11) is 1.67. The number of hydrogen-bond donors (Lipinski definition) is 0. The Kier molecular flexibility index (Phi) is 6.87. The Morgan fingerprint density at radius 3 is 2.62 bits per heavy atom. The quantitative estimate of drug-likeness (QED) is 0.336. The first-order valence-corrected chi connectivity index (χ1v) is 10.2. The van der Waals surface area contributed by atoms with E-state index in [-0.39, 0.29) is 5.91 Å². The van der Waals surface area contributed by atoms with Crippen LogP contribution in [-0.4, -0.2) is 36.2 Å². The SMILES string of the molecule is COCCCN1C(=O)/C(=C/c2ccccc2I)SC1=Nc1ccccc1. The van der Waals surface area contributed by atoms with Gasteiger partial charge in [0.1, 0.15) is 0 Å². The van der Waals surface area contributed by atoms with E-state index >= 15 is 0 Å². The van der Waals surface area contributed by atoms with Gasteiger partial charge >= 0.3 is 0 Å². The van der Waals surface area contributed by atoms with Crippen LogP contribution < -0.4 is 0 Å². The zero-order valence-electron chi connectivity index (χ0n) is 14.4. The van der Waals surface area contributed by atoms with Crippen LogP contribution in [-0.2, 0) is 9.53 Å². The third-order valence-corrected chi connectivity index (χ3v) is 5.78. The van der Waals surface area contributed by atoms with Crippen molar-refractivity contribution in [3.05, 3.63) is 68.6 Å². The number of benzene rings is 2. The molecule has 1 aliphatic heterocycles. The molecule has 4 nitrogen and oxygen atoms in total. The second-order valence-corrected chi connectivity index (χ2v) is 7.84. The Balaban J connectivity index is 1.91. The summed E-state index contributed by atoms with van der Waals surface area (Å²) in [4.78, 5) is 20.1. The minimum Gasteiger partial charge on any atom is -0.385 e. The van der Waals surface area contributed by atoms with Crippen molar-refractivity contribution in [3.8, 4) is 0 Å². The molecule has 0 saturated carbocycles. The van der Waals surface area contributed by atoms with Gasteiger partial charge in [0.15, 0.2) is 5.17 Å².